The van der Waals surface area contributed by atoms with Crippen LogP contribution in [0.25, 0.3) is 0 Å². The third-order valence-electron chi connectivity index (χ3n) is 3.78. The highest BCUT2D eigenvalue weighted by Gasteiger charge is 2.24. The molecule has 1 rings (SSSR count). The van der Waals surface area contributed by atoms with E-state index in [0.717, 1.165) is 25.9 Å². The fourth-order valence-corrected chi connectivity index (χ4v) is 2.43. The van der Waals surface area contributed by atoms with Crippen molar-refractivity contribution in [1.82, 2.24) is 9.80 Å². The Kier molecular flexibility index (Phi) is 6.65. The zero-order valence-electron chi connectivity index (χ0n) is 13.6. The molecule has 0 aromatic rings. The molecule has 0 aromatic heterocycles. The molecule has 6 nitrogen and oxygen atoms in total. The number of piperidine rings is 1. The van der Waals surface area contributed by atoms with Gasteiger partial charge in [0.1, 0.15) is 0 Å². The van der Waals surface area contributed by atoms with Gasteiger partial charge in [0.25, 0.3) is 0 Å². The van der Waals surface area contributed by atoms with E-state index in [4.69, 9.17) is 5.73 Å². The van der Waals surface area contributed by atoms with Crippen molar-refractivity contribution < 1.29 is 9.59 Å². The van der Waals surface area contributed by atoms with Crippen molar-refractivity contribution in [2.24, 2.45) is 22.6 Å². The van der Waals surface area contributed by atoms with Crippen LogP contribution >= 0.6 is 0 Å². The Hall–Kier alpha value is -1.59. The number of rotatable bonds is 4. The van der Waals surface area contributed by atoms with E-state index in [1.807, 2.05) is 4.90 Å². The number of carbonyl (C=O) groups excluding carboxylic acids is 2. The van der Waals surface area contributed by atoms with Crippen LogP contribution in [0, 0.1) is 11.8 Å². The number of guanidine groups is 1. The summed E-state index contributed by atoms with van der Waals surface area (Å²) < 4.78 is 0. The van der Waals surface area contributed by atoms with Crippen molar-refractivity contribution in [3.8, 4) is 0 Å². The summed E-state index contributed by atoms with van der Waals surface area (Å²) in [6.45, 7) is 9.97. The fourth-order valence-electron chi connectivity index (χ4n) is 2.43. The minimum absolute atomic E-state index is 0.0750. The number of hydrogen-bond donors (Lipinski definition) is 1. The molecule has 1 heterocycles. The number of carbonyl (C=O) groups is 2. The molecule has 0 atom stereocenters. The molecule has 0 saturated carbocycles. The summed E-state index contributed by atoms with van der Waals surface area (Å²) >= 11 is 0. The number of aliphatic imine (C=N–C) groups is 1. The molecule has 2 N–H and O–H groups in total. The lowest BCUT2D eigenvalue weighted by molar-refractivity contribution is -0.131. The Balaban J connectivity index is 2.58. The van der Waals surface area contributed by atoms with Crippen molar-refractivity contribution in [2.75, 3.05) is 26.2 Å². The highest BCUT2D eigenvalue weighted by atomic mass is 16.2. The summed E-state index contributed by atoms with van der Waals surface area (Å²) in [7, 11) is 0. The van der Waals surface area contributed by atoms with Gasteiger partial charge in [-0.3, -0.25) is 19.5 Å². The largest absolute Gasteiger partial charge is 0.369 e. The topological polar surface area (TPSA) is 79.0 Å². The van der Waals surface area contributed by atoms with Gasteiger partial charge < -0.3 is 10.6 Å². The summed E-state index contributed by atoms with van der Waals surface area (Å²) in [4.78, 5) is 30.8. The minimum atomic E-state index is -0.0750. The van der Waals surface area contributed by atoms with E-state index in [9.17, 15) is 9.59 Å². The van der Waals surface area contributed by atoms with Crippen LogP contribution < -0.4 is 5.73 Å². The molecule has 0 aliphatic carbocycles. The summed E-state index contributed by atoms with van der Waals surface area (Å²) in [6.07, 6.45) is 1.81. The third kappa shape index (κ3) is 5.73. The summed E-state index contributed by atoms with van der Waals surface area (Å²) in [5, 5.41) is 0. The quantitative estimate of drug-likeness (QED) is 0.622. The normalized spacial score (nSPS) is 17.2. The van der Waals surface area contributed by atoms with Gasteiger partial charge in [0, 0.05) is 40.0 Å². The molecule has 1 fully saturated rings. The van der Waals surface area contributed by atoms with Gasteiger partial charge in [-0.2, -0.15) is 0 Å². The molecule has 120 valence electrons. The Labute approximate surface area is 127 Å². The first kappa shape index (κ1) is 17.5. The molecule has 0 unspecified atom stereocenters. The average molecular weight is 296 g/mol. The van der Waals surface area contributed by atoms with E-state index >= 15 is 0 Å². The van der Waals surface area contributed by atoms with Gasteiger partial charge in [-0.1, -0.05) is 13.8 Å². The molecule has 1 saturated heterocycles. The molecule has 0 bridgehead atoms. The number of nitrogens with zero attached hydrogens (tertiary/aromatic N) is 3. The van der Waals surface area contributed by atoms with Gasteiger partial charge in [-0.15, -0.1) is 0 Å². The molecule has 1 aliphatic rings. The number of likely N-dealkylation sites (tertiary alicyclic amines) is 1. The van der Waals surface area contributed by atoms with Crippen LogP contribution in [-0.2, 0) is 9.59 Å². The van der Waals surface area contributed by atoms with Crippen LogP contribution in [0.3, 0.4) is 0 Å². The van der Waals surface area contributed by atoms with E-state index in [2.05, 4.69) is 18.8 Å². The maximum Gasteiger partial charge on any atom is 0.226 e. The Morgan fingerprint density at radius 2 is 1.86 bits per heavy atom. The van der Waals surface area contributed by atoms with Gasteiger partial charge in [0.15, 0.2) is 5.96 Å². The summed E-state index contributed by atoms with van der Waals surface area (Å²) in [5.41, 5.74) is 5.95. The number of amides is 2. The molecule has 0 aromatic carbocycles. The van der Waals surface area contributed by atoms with Gasteiger partial charge in [0.2, 0.25) is 11.8 Å². The molecule has 0 spiro atoms. The SMILES string of the molecule is CC(=O)N1CCC(CN(C(C)=O)C(N)=NCC(C)C)CC1. The summed E-state index contributed by atoms with van der Waals surface area (Å²) in [5.74, 6) is 1.14. The van der Waals surface area contributed by atoms with Crippen LogP contribution in [0.4, 0.5) is 0 Å². The van der Waals surface area contributed by atoms with Crippen molar-refractivity contribution in [2.45, 2.75) is 40.5 Å². The Morgan fingerprint density at radius 3 is 2.29 bits per heavy atom. The monoisotopic (exact) mass is 296 g/mol. The first-order valence-electron chi connectivity index (χ1n) is 7.64. The number of hydrogen-bond acceptors (Lipinski definition) is 3. The van der Waals surface area contributed by atoms with E-state index in [0.29, 0.717) is 30.9 Å². The lowest BCUT2D eigenvalue weighted by Gasteiger charge is -2.33. The maximum atomic E-state index is 11.8. The molecule has 6 heteroatoms. The van der Waals surface area contributed by atoms with Gasteiger partial charge in [-0.25, -0.2) is 0 Å². The van der Waals surface area contributed by atoms with E-state index < -0.39 is 0 Å². The molecule has 1 aliphatic heterocycles. The van der Waals surface area contributed by atoms with Crippen molar-refractivity contribution in [3.63, 3.8) is 0 Å². The van der Waals surface area contributed by atoms with Crippen LogP contribution in [0.5, 0.6) is 0 Å². The molecular weight excluding hydrogens is 268 g/mol. The van der Waals surface area contributed by atoms with Crippen molar-refractivity contribution >= 4 is 17.8 Å². The second-order valence-electron chi connectivity index (χ2n) is 6.17. The van der Waals surface area contributed by atoms with Gasteiger partial charge in [0.05, 0.1) is 0 Å². The number of nitrogens with two attached hydrogens (primary N) is 1. The van der Waals surface area contributed by atoms with Crippen LogP contribution in [0.2, 0.25) is 0 Å². The Bertz CT molecular complexity index is 398. The maximum absolute atomic E-state index is 11.8. The highest BCUT2D eigenvalue weighted by Crippen LogP contribution is 2.18. The highest BCUT2D eigenvalue weighted by molar-refractivity contribution is 5.95. The van der Waals surface area contributed by atoms with Crippen LogP contribution in [0.15, 0.2) is 4.99 Å². The molecule has 21 heavy (non-hydrogen) atoms. The predicted molar refractivity (Wildman–Crippen MR) is 83.7 cm³/mol. The van der Waals surface area contributed by atoms with Gasteiger partial charge in [-0.05, 0) is 24.7 Å². The molecule has 0 radical (unpaired) electrons. The van der Waals surface area contributed by atoms with Crippen LogP contribution in [0.1, 0.15) is 40.5 Å². The second kappa shape index (κ2) is 8.00. The standard InChI is InChI=1S/C15H28N4O2/c1-11(2)9-17-15(16)19(13(4)21)10-14-5-7-18(8-6-14)12(3)20/h11,14H,5-10H2,1-4H3,(H2,16,17). The Morgan fingerprint density at radius 1 is 1.29 bits per heavy atom. The van der Waals surface area contributed by atoms with Crippen molar-refractivity contribution in [3.05, 3.63) is 0 Å². The summed E-state index contributed by atoms with van der Waals surface area (Å²) in [6, 6.07) is 0. The first-order valence-corrected chi connectivity index (χ1v) is 7.64. The van der Waals surface area contributed by atoms with Crippen molar-refractivity contribution in [1.29, 1.82) is 0 Å². The third-order valence-corrected chi connectivity index (χ3v) is 3.78. The lowest BCUT2D eigenvalue weighted by atomic mass is 9.96. The zero-order valence-corrected chi connectivity index (χ0v) is 13.6. The molecule has 2 amide bonds. The fraction of sp³-hybridized carbons (Fsp3) is 0.800. The lowest BCUT2D eigenvalue weighted by Crippen LogP contribution is -2.46. The predicted octanol–water partition coefficient (Wildman–Crippen LogP) is 1.06. The second-order valence-corrected chi connectivity index (χ2v) is 6.17. The van der Waals surface area contributed by atoms with Gasteiger partial charge >= 0.3 is 0 Å². The van der Waals surface area contributed by atoms with E-state index in [1.54, 1.807) is 11.8 Å². The molecular formula is C15H28N4O2. The van der Waals surface area contributed by atoms with E-state index in [-0.39, 0.29) is 11.8 Å². The zero-order chi connectivity index (χ0) is 16.0. The average Bonchev–Trinajstić information content (AvgIpc) is 2.42. The first-order chi connectivity index (χ1) is 9.81. The van der Waals surface area contributed by atoms with Crippen LogP contribution in [-0.4, -0.2) is 53.8 Å². The van der Waals surface area contributed by atoms with E-state index in [1.165, 1.54) is 6.92 Å². The smallest absolute Gasteiger partial charge is 0.226 e. The minimum Gasteiger partial charge on any atom is -0.369 e.